The van der Waals surface area contributed by atoms with Gasteiger partial charge in [-0.2, -0.15) is 0 Å². The van der Waals surface area contributed by atoms with Crippen LogP contribution in [0.1, 0.15) is 32.3 Å². The number of Topliss-reactive ketones (excluding diaryl/α,β-unsaturated/α-hetero) is 1. The molecule has 0 N–H and O–H groups in total. The van der Waals surface area contributed by atoms with Gasteiger partial charge in [0.1, 0.15) is 17.3 Å². The fourth-order valence-electron chi connectivity index (χ4n) is 2.14. The maximum absolute atomic E-state index is 13.3. The standard InChI is InChI=1S/C16H15FO3/c1-9(10(2)18)16-8-14(20-11(3)19)7-12-6-13(17)4-5-15(12)16/h4-9H,1-3H3. The highest BCUT2D eigenvalue weighted by atomic mass is 19.1. The Morgan fingerprint density at radius 2 is 1.85 bits per heavy atom. The van der Waals surface area contributed by atoms with Crippen molar-refractivity contribution in [3.8, 4) is 5.75 Å². The molecule has 2 aromatic carbocycles. The Morgan fingerprint density at radius 3 is 2.45 bits per heavy atom. The second kappa shape index (κ2) is 5.41. The Kier molecular flexibility index (Phi) is 3.84. The molecule has 104 valence electrons. The van der Waals surface area contributed by atoms with Crippen LogP contribution in [0.25, 0.3) is 10.8 Å². The topological polar surface area (TPSA) is 43.4 Å². The Balaban J connectivity index is 2.68. The van der Waals surface area contributed by atoms with E-state index in [0.29, 0.717) is 11.1 Å². The van der Waals surface area contributed by atoms with Crippen LogP contribution in [0.2, 0.25) is 0 Å². The Hall–Kier alpha value is -2.23. The zero-order valence-corrected chi connectivity index (χ0v) is 11.6. The number of ether oxygens (including phenoxy) is 1. The molecule has 0 aliphatic heterocycles. The summed E-state index contributed by atoms with van der Waals surface area (Å²) in [6, 6.07) is 7.60. The number of rotatable bonds is 3. The van der Waals surface area contributed by atoms with Crippen molar-refractivity contribution in [2.45, 2.75) is 26.7 Å². The molecule has 2 rings (SSSR count). The lowest BCUT2D eigenvalue weighted by molar-refractivity contribution is -0.131. The van der Waals surface area contributed by atoms with Gasteiger partial charge in [-0.1, -0.05) is 13.0 Å². The number of carbonyl (C=O) groups excluding carboxylic acids is 2. The smallest absolute Gasteiger partial charge is 0.308 e. The van der Waals surface area contributed by atoms with Crippen molar-refractivity contribution in [1.29, 1.82) is 0 Å². The Labute approximate surface area is 116 Å². The second-order valence-corrected chi connectivity index (χ2v) is 4.80. The fraction of sp³-hybridized carbons (Fsp3) is 0.250. The molecule has 0 radical (unpaired) electrons. The maximum Gasteiger partial charge on any atom is 0.308 e. The second-order valence-electron chi connectivity index (χ2n) is 4.80. The van der Waals surface area contributed by atoms with Gasteiger partial charge in [0.05, 0.1) is 0 Å². The molecule has 2 aromatic rings. The van der Waals surface area contributed by atoms with E-state index in [2.05, 4.69) is 0 Å². The van der Waals surface area contributed by atoms with Gasteiger partial charge < -0.3 is 4.74 Å². The first kappa shape index (κ1) is 14.2. The van der Waals surface area contributed by atoms with Gasteiger partial charge in [-0.05, 0) is 47.5 Å². The van der Waals surface area contributed by atoms with E-state index in [0.717, 1.165) is 10.9 Å². The van der Waals surface area contributed by atoms with Crippen LogP contribution in [0, 0.1) is 5.82 Å². The molecular weight excluding hydrogens is 259 g/mol. The van der Waals surface area contributed by atoms with Crippen LogP contribution in [0.3, 0.4) is 0 Å². The van der Waals surface area contributed by atoms with Crippen LogP contribution in [-0.2, 0) is 9.59 Å². The van der Waals surface area contributed by atoms with Gasteiger partial charge in [0.15, 0.2) is 0 Å². The SMILES string of the molecule is CC(=O)Oc1cc(C(C)C(C)=O)c2ccc(F)cc2c1. The van der Waals surface area contributed by atoms with Crippen molar-refractivity contribution >= 4 is 22.5 Å². The van der Waals surface area contributed by atoms with Gasteiger partial charge in [-0.15, -0.1) is 0 Å². The lowest BCUT2D eigenvalue weighted by Crippen LogP contribution is -2.07. The molecule has 0 aliphatic carbocycles. The number of hydrogen-bond donors (Lipinski definition) is 0. The van der Waals surface area contributed by atoms with Crippen molar-refractivity contribution in [2.24, 2.45) is 0 Å². The third kappa shape index (κ3) is 2.85. The minimum Gasteiger partial charge on any atom is -0.427 e. The number of halogens is 1. The number of hydrogen-bond acceptors (Lipinski definition) is 3. The quantitative estimate of drug-likeness (QED) is 0.634. The molecule has 3 nitrogen and oxygen atoms in total. The molecule has 1 atom stereocenters. The van der Waals surface area contributed by atoms with Gasteiger partial charge >= 0.3 is 5.97 Å². The van der Waals surface area contributed by atoms with Crippen LogP contribution in [0.4, 0.5) is 4.39 Å². The predicted octanol–water partition coefficient (Wildman–Crippen LogP) is 3.60. The molecular formula is C16H15FO3. The van der Waals surface area contributed by atoms with Crippen LogP contribution in [0.15, 0.2) is 30.3 Å². The van der Waals surface area contributed by atoms with Gasteiger partial charge in [-0.25, -0.2) is 4.39 Å². The van der Waals surface area contributed by atoms with Crippen molar-refractivity contribution in [3.05, 3.63) is 41.7 Å². The van der Waals surface area contributed by atoms with E-state index in [9.17, 15) is 14.0 Å². The molecule has 0 saturated heterocycles. The lowest BCUT2D eigenvalue weighted by atomic mass is 9.92. The van der Waals surface area contributed by atoms with Gasteiger partial charge in [0.25, 0.3) is 0 Å². The highest BCUT2D eigenvalue weighted by Crippen LogP contribution is 2.31. The summed E-state index contributed by atoms with van der Waals surface area (Å²) in [6.07, 6.45) is 0. The van der Waals surface area contributed by atoms with E-state index in [-0.39, 0.29) is 17.5 Å². The number of fused-ring (bicyclic) bond motifs is 1. The van der Waals surface area contributed by atoms with Crippen molar-refractivity contribution < 1.29 is 18.7 Å². The third-order valence-corrected chi connectivity index (χ3v) is 3.26. The third-order valence-electron chi connectivity index (χ3n) is 3.26. The number of carbonyl (C=O) groups is 2. The molecule has 0 bridgehead atoms. The van der Waals surface area contributed by atoms with Crippen LogP contribution in [0.5, 0.6) is 5.75 Å². The Bertz CT molecular complexity index is 691. The highest BCUT2D eigenvalue weighted by Gasteiger charge is 2.16. The van der Waals surface area contributed by atoms with Gasteiger partial charge in [0, 0.05) is 12.8 Å². The highest BCUT2D eigenvalue weighted by molar-refractivity contribution is 5.94. The molecule has 0 saturated carbocycles. The molecule has 4 heteroatoms. The largest absolute Gasteiger partial charge is 0.427 e. The monoisotopic (exact) mass is 274 g/mol. The van der Waals surface area contributed by atoms with E-state index >= 15 is 0 Å². The van der Waals surface area contributed by atoms with Gasteiger partial charge in [-0.3, -0.25) is 9.59 Å². The van der Waals surface area contributed by atoms with Crippen molar-refractivity contribution in [1.82, 2.24) is 0 Å². The average Bonchev–Trinajstić information content (AvgIpc) is 2.35. The molecule has 1 unspecified atom stereocenters. The molecule has 0 aromatic heterocycles. The number of ketones is 1. The van der Waals surface area contributed by atoms with E-state index in [1.807, 2.05) is 0 Å². The first-order chi connectivity index (χ1) is 9.38. The van der Waals surface area contributed by atoms with E-state index in [1.165, 1.54) is 26.0 Å². The summed E-state index contributed by atoms with van der Waals surface area (Å²) in [4.78, 5) is 22.7. The predicted molar refractivity (Wildman–Crippen MR) is 74.3 cm³/mol. The molecule has 0 fully saturated rings. The molecule has 20 heavy (non-hydrogen) atoms. The first-order valence-electron chi connectivity index (χ1n) is 6.30. The summed E-state index contributed by atoms with van der Waals surface area (Å²) in [5.74, 6) is -0.867. The van der Waals surface area contributed by atoms with E-state index < -0.39 is 5.97 Å². The van der Waals surface area contributed by atoms with Gasteiger partial charge in [0.2, 0.25) is 0 Å². The minimum atomic E-state index is -0.456. The molecule has 0 spiro atoms. The minimum absolute atomic E-state index is 0.00407. The van der Waals surface area contributed by atoms with E-state index in [4.69, 9.17) is 4.74 Å². The summed E-state index contributed by atoms with van der Waals surface area (Å²) >= 11 is 0. The summed E-state index contributed by atoms with van der Waals surface area (Å²) < 4.78 is 18.4. The number of benzene rings is 2. The summed E-state index contributed by atoms with van der Waals surface area (Å²) in [5.41, 5.74) is 0.728. The maximum atomic E-state index is 13.3. The zero-order chi connectivity index (χ0) is 14.9. The van der Waals surface area contributed by atoms with Crippen LogP contribution in [-0.4, -0.2) is 11.8 Å². The average molecular weight is 274 g/mol. The van der Waals surface area contributed by atoms with Crippen LogP contribution >= 0.6 is 0 Å². The first-order valence-corrected chi connectivity index (χ1v) is 6.30. The summed E-state index contributed by atoms with van der Waals surface area (Å²) in [6.45, 7) is 4.57. The van der Waals surface area contributed by atoms with Crippen molar-refractivity contribution in [3.63, 3.8) is 0 Å². The molecule has 0 heterocycles. The Morgan fingerprint density at radius 1 is 1.15 bits per heavy atom. The zero-order valence-electron chi connectivity index (χ0n) is 11.6. The lowest BCUT2D eigenvalue weighted by Gasteiger charge is -2.14. The normalized spacial score (nSPS) is 12.2. The van der Waals surface area contributed by atoms with Crippen LogP contribution < -0.4 is 4.74 Å². The summed E-state index contributed by atoms with van der Waals surface area (Å²) in [5, 5.41) is 1.39. The summed E-state index contributed by atoms with van der Waals surface area (Å²) in [7, 11) is 0. The van der Waals surface area contributed by atoms with Crippen molar-refractivity contribution in [2.75, 3.05) is 0 Å². The number of esters is 1. The molecule has 0 amide bonds. The van der Waals surface area contributed by atoms with E-state index in [1.54, 1.807) is 25.1 Å². The molecule has 0 aliphatic rings. The fourth-order valence-corrected chi connectivity index (χ4v) is 2.14.